The molecular formula is C12H16N2O2. The lowest BCUT2D eigenvalue weighted by atomic mass is 10.1. The first-order chi connectivity index (χ1) is 7.76. The number of benzene rings is 1. The Morgan fingerprint density at radius 2 is 2.12 bits per heavy atom. The fourth-order valence-electron chi connectivity index (χ4n) is 1.36. The molecule has 0 spiro atoms. The fourth-order valence-corrected chi connectivity index (χ4v) is 1.36. The summed E-state index contributed by atoms with van der Waals surface area (Å²) in [5, 5.41) is 13.4. The number of amides is 1. The monoisotopic (exact) mass is 220 g/mol. The normalized spacial score (nSPS) is 10.6. The van der Waals surface area contributed by atoms with E-state index < -0.39 is 5.91 Å². The van der Waals surface area contributed by atoms with Crippen LogP contribution in [0.1, 0.15) is 25.3 Å². The van der Waals surface area contributed by atoms with Crippen molar-refractivity contribution in [1.29, 1.82) is 0 Å². The molecule has 0 fully saturated rings. The minimum atomic E-state index is -0.441. The summed E-state index contributed by atoms with van der Waals surface area (Å²) in [6.07, 6.45) is 4.22. The Hall–Kier alpha value is -1.84. The Balaban J connectivity index is 2.54. The van der Waals surface area contributed by atoms with Crippen molar-refractivity contribution >= 4 is 17.8 Å². The molecule has 0 unspecified atom stereocenters. The molecule has 0 radical (unpaired) electrons. The van der Waals surface area contributed by atoms with E-state index in [4.69, 9.17) is 5.21 Å². The highest BCUT2D eigenvalue weighted by atomic mass is 16.4. The van der Waals surface area contributed by atoms with Gasteiger partial charge in [0.1, 0.15) is 6.21 Å². The second-order valence-electron chi connectivity index (χ2n) is 3.53. The molecule has 4 nitrogen and oxygen atoms in total. The van der Waals surface area contributed by atoms with Crippen molar-refractivity contribution in [1.82, 2.24) is 0 Å². The van der Waals surface area contributed by atoms with E-state index in [1.165, 1.54) is 18.4 Å². The average molecular weight is 220 g/mol. The molecule has 0 aliphatic carbocycles. The van der Waals surface area contributed by atoms with Crippen LogP contribution in [0.15, 0.2) is 29.4 Å². The van der Waals surface area contributed by atoms with Crippen molar-refractivity contribution in [2.75, 3.05) is 5.32 Å². The zero-order valence-electron chi connectivity index (χ0n) is 9.31. The van der Waals surface area contributed by atoms with E-state index in [1.54, 1.807) is 0 Å². The number of rotatable bonds is 5. The van der Waals surface area contributed by atoms with Crippen LogP contribution in [0.4, 0.5) is 5.69 Å². The Bertz CT molecular complexity index is 358. The molecule has 2 N–H and O–H groups in total. The van der Waals surface area contributed by atoms with Crippen LogP contribution in [0.2, 0.25) is 0 Å². The quantitative estimate of drug-likeness (QED) is 0.455. The molecule has 0 aromatic heterocycles. The Labute approximate surface area is 95.0 Å². The highest BCUT2D eigenvalue weighted by Gasteiger charge is 1.98. The van der Waals surface area contributed by atoms with Gasteiger partial charge in [-0.15, -0.1) is 0 Å². The summed E-state index contributed by atoms with van der Waals surface area (Å²) in [6, 6.07) is 7.66. The van der Waals surface area contributed by atoms with Crippen LogP contribution in [0, 0.1) is 0 Å². The van der Waals surface area contributed by atoms with Gasteiger partial charge < -0.3 is 10.5 Å². The molecule has 0 saturated carbocycles. The van der Waals surface area contributed by atoms with Gasteiger partial charge in [-0.2, -0.15) is 0 Å². The summed E-state index contributed by atoms with van der Waals surface area (Å²) in [4.78, 5) is 11.0. The lowest BCUT2D eigenvalue weighted by Gasteiger charge is -2.03. The number of carbonyl (C=O) groups is 1. The summed E-state index contributed by atoms with van der Waals surface area (Å²) < 4.78 is 0. The summed E-state index contributed by atoms with van der Waals surface area (Å²) in [6.45, 7) is 2.16. The van der Waals surface area contributed by atoms with Gasteiger partial charge in [-0.25, -0.2) is 0 Å². The molecule has 86 valence electrons. The maximum Gasteiger partial charge on any atom is 0.270 e. The van der Waals surface area contributed by atoms with Crippen LogP contribution in [-0.2, 0) is 11.2 Å². The predicted molar refractivity (Wildman–Crippen MR) is 64.0 cm³/mol. The topological polar surface area (TPSA) is 61.7 Å². The summed E-state index contributed by atoms with van der Waals surface area (Å²) in [7, 11) is 0. The molecule has 1 amide bonds. The Morgan fingerprint density at radius 1 is 1.44 bits per heavy atom. The zero-order valence-corrected chi connectivity index (χ0v) is 9.31. The van der Waals surface area contributed by atoms with E-state index in [-0.39, 0.29) is 0 Å². The zero-order chi connectivity index (χ0) is 11.8. The number of oxime groups is 1. The van der Waals surface area contributed by atoms with Crippen molar-refractivity contribution in [2.24, 2.45) is 5.16 Å². The third-order valence-electron chi connectivity index (χ3n) is 2.22. The number of hydrogen-bond donors (Lipinski definition) is 2. The van der Waals surface area contributed by atoms with Gasteiger partial charge in [0.2, 0.25) is 0 Å². The lowest BCUT2D eigenvalue weighted by molar-refractivity contribution is -0.110. The van der Waals surface area contributed by atoms with Gasteiger partial charge in [0.05, 0.1) is 0 Å². The first kappa shape index (κ1) is 12.2. The number of anilines is 1. The third kappa shape index (κ3) is 4.13. The molecule has 0 aliphatic heterocycles. The Kier molecular flexibility index (Phi) is 5.05. The third-order valence-corrected chi connectivity index (χ3v) is 2.22. The van der Waals surface area contributed by atoms with E-state index in [0.29, 0.717) is 5.69 Å². The van der Waals surface area contributed by atoms with Crippen molar-refractivity contribution < 1.29 is 10.0 Å². The van der Waals surface area contributed by atoms with Crippen LogP contribution >= 0.6 is 0 Å². The maximum absolute atomic E-state index is 11.0. The van der Waals surface area contributed by atoms with Crippen LogP contribution in [0.3, 0.4) is 0 Å². The molecule has 1 rings (SSSR count). The first-order valence-electron chi connectivity index (χ1n) is 5.33. The molecule has 0 aliphatic rings. The van der Waals surface area contributed by atoms with Crippen LogP contribution < -0.4 is 5.32 Å². The molecule has 16 heavy (non-hydrogen) atoms. The SMILES string of the molecule is CCCCc1ccc(NC(=O)/C=N/O)cc1. The van der Waals surface area contributed by atoms with Gasteiger partial charge >= 0.3 is 0 Å². The summed E-state index contributed by atoms with van der Waals surface area (Å²) in [5.41, 5.74) is 1.96. The summed E-state index contributed by atoms with van der Waals surface area (Å²) in [5.74, 6) is -0.441. The van der Waals surface area contributed by atoms with E-state index >= 15 is 0 Å². The molecule has 0 saturated heterocycles. The van der Waals surface area contributed by atoms with Crippen LogP contribution in [0.25, 0.3) is 0 Å². The fraction of sp³-hybridized carbons (Fsp3) is 0.333. The lowest BCUT2D eigenvalue weighted by Crippen LogP contribution is -2.12. The second kappa shape index (κ2) is 6.61. The van der Waals surface area contributed by atoms with Gasteiger partial charge in [-0.3, -0.25) is 4.79 Å². The van der Waals surface area contributed by atoms with Gasteiger partial charge in [-0.1, -0.05) is 30.6 Å². The average Bonchev–Trinajstić information content (AvgIpc) is 2.28. The van der Waals surface area contributed by atoms with E-state index in [2.05, 4.69) is 17.4 Å². The number of hydrogen-bond acceptors (Lipinski definition) is 3. The van der Waals surface area contributed by atoms with Crippen LogP contribution in [-0.4, -0.2) is 17.3 Å². The molecule has 0 bridgehead atoms. The molecular weight excluding hydrogens is 204 g/mol. The highest BCUT2D eigenvalue weighted by Crippen LogP contribution is 2.11. The van der Waals surface area contributed by atoms with Gasteiger partial charge in [0, 0.05) is 5.69 Å². The van der Waals surface area contributed by atoms with Crippen molar-refractivity contribution in [3.8, 4) is 0 Å². The van der Waals surface area contributed by atoms with E-state index in [1.807, 2.05) is 24.3 Å². The van der Waals surface area contributed by atoms with E-state index in [0.717, 1.165) is 12.6 Å². The van der Waals surface area contributed by atoms with Crippen molar-refractivity contribution in [3.05, 3.63) is 29.8 Å². The second-order valence-corrected chi connectivity index (χ2v) is 3.53. The minimum absolute atomic E-state index is 0.441. The standard InChI is InChI=1S/C12H16N2O2/c1-2-3-4-10-5-7-11(8-6-10)14-12(15)9-13-16/h5-9,16H,2-4H2,1H3,(H,14,15)/b13-9+. The molecule has 0 heterocycles. The number of unbranched alkanes of at least 4 members (excludes halogenated alkanes) is 1. The molecule has 4 heteroatoms. The largest absolute Gasteiger partial charge is 0.411 e. The number of carbonyl (C=O) groups excluding carboxylic acids is 1. The molecule has 1 aromatic carbocycles. The van der Waals surface area contributed by atoms with E-state index in [9.17, 15) is 4.79 Å². The van der Waals surface area contributed by atoms with Crippen molar-refractivity contribution in [3.63, 3.8) is 0 Å². The van der Waals surface area contributed by atoms with Crippen molar-refractivity contribution in [2.45, 2.75) is 26.2 Å². The van der Waals surface area contributed by atoms with Gasteiger partial charge in [0.15, 0.2) is 0 Å². The number of nitrogens with zero attached hydrogens (tertiary/aromatic N) is 1. The molecule has 1 aromatic rings. The van der Waals surface area contributed by atoms with Gasteiger partial charge in [0.25, 0.3) is 5.91 Å². The minimum Gasteiger partial charge on any atom is -0.411 e. The first-order valence-corrected chi connectivity index (χ1v) is 5.33. The predicted octanol–water partition coefficient (Wildman–Crippen LogP) is 2.43. The summed E-state index contributed by atoms with van der Waals surface area (Å²) >= 11 is 0. The smallest absolute Gasteiger partial charge is 0.270 e. The Morgan fingerprint density at radius 3 is 2.69 bits per heavy atom. The number of nitrogens with one attached hydrogen (secondary N) is 1. The van der Waals surface area contributed by atoms with Crippen LogP contribution in [0.5, 0.6) is 0 Å². The highest BCUT2D eigenvalue weighted by molar-refractivity contribution is 6.31. The maximum atomic E-state index is 11.0. The molecule has 0 atom stereocenters. The number of aryl methyl sites for hydroxylation is 1. The van der Waals surface area contributed by atoms with Gasteiger partial charge in [-0.05, 0) is 30.5 Å².